The molecule has 0 spiro atoms. The first-order valence-corrected chi connectivity index (χ1v) is 35.7. The van der Waals surface area contributed by atoms with E-state index in [2.05, 4.69) is 86.8 Å². The third-order valence-corrected chi connectivity index (χ3v) is 16.1. The van der Waals surface area contributed by atoms with Crippen molar-refractivity contribution in [2.45, 2.75) is 328 Å². The topological polar surface area (TPSA) is 114 Å². The number of quaternary nitrogens is 1. The molecule has 3 atom stereocenters. The van der Waals surface area contributed by atoms with Crippen LogP contribution < -0.4 is 10.2 Å². The summed E-state index contributed by atoms with van der Waals surface area (Å²) in [4.78, 5) is 40.0. The van der Waals surface area contributed by atoms with Crippen molar-refractivity contribution in [1.29, 1.82) is 0 Å². The van der Waals surface area contributed by atoms with Gasteiger partial charge in [0.15, 0.2) is 0 Å². The Labute approximate surface area is 502 Å². The number of hydrogen-bond donors (Lipinski definition) is 1. The van der Waals surface area contributed by atoms with E-state index in [1.807, 2.05) is 33.3 Å². The van der Waals surface area contributed by atoms with Gasteiger partial charge in [-0.2, -0.15) is 0 Å². The van der Waals surface area contributed by atoms with Gasteiger partial charge in [-0.15, -0.1) is 0 Å². The van der Waals surface area contributed by atoms with Gasteiger partial charge >= 0.3 is 5.97 Å². The summed E-state index contributed by atoms with van der Waals surface area (Å²) >= 11 is 0. The van der Waals surface area contributed by atoms with Crippen molar-refractivity contribution in [3.05, 3.63) is 72.9 Å². The molecule has 0 aliphatic rings. The standard InChI is InChI=1S/C71H131N2O7P/c1-7-10-13-16-19-22-25-27-29-31-32-33-34-35-36-37-38-39-40-42-44-46-49-52-55-58-61-64-71(75)80-69(62-59-56-53-50-47-24-21-18-15-12-9-3)68(67-79-81(76,77)78-66-65-73(4,5)6)72-70(74)63-60-57-54-51-48-45-43-41-30-28-26-23-20-17-14-11-8-2/h20,23,27-30,43,45,51,54,59,62,68-69H,7-19,21-22,24-26,31-42,44,46-50,52-53,55-58,60-61,63-67H2,1-6H3,(H-,72,74,76,77)/b23-20-,29-27+,30-28-,45-43-,54-51-,62-59-. The quantitative estimate of drug-likeness (QED) is 0.0212. The largest absolute Gasteiger partial charge is 0.756 e. The fraction of sp³-hybridized carbons (Fsp3) is 0.803. The maximum atomic E-state index is 13.5. The molecule has 0 fully saturated rings. The highest BCUT2D eigenvalue weighted by molar-refractivity contribution is 7.45. The van der Waals surface area contributed by atoms with Crippen LogP contribution in [0.5, 0.6) is 0 Å². The minimum atomic E-state index is -4.72. The molecule has 0 aromatic rings. The summed E-state index contributed by atoms with van der Waals surface area (Å²) in [6.45, 7) is 6.79. The lowest BCUT2D eigenvalue weighted by Crippen LogP contribution is -2.47. The highest BCUT2D eigenvalue weighted by Crippen LogP contribution is 2.38. The number of ether oxygens (including phenoxy) is 1. The number of rotatable bonds is 62. The molecule has 0 heterocycles. The molecule has 10 heteroatoms. The van der Waals surface area contributed by atoms with Gasteiger partial charge in [-0.1, -0.05) is 280 Å². The molecular weight excluding hydrogens is 1020 g/mol. The minimum Gasteiger partial charge on any atom is -0.756 e. The number of esters is 1. The highest BCUT2D eigenvalue weighted by atomic mass is 31.2. The lowest BCUT2D eigenvalue weighted by molar-refractivity contribution is -0.870. The zero-order valence-electron chi connectivity index (χ0n) is 54.0. The van der Waals surface area contributed by atoms with Crippen LogP contribution in [-0.4, -0.2) is 69.4 Å². The van der Waals surface area contributed by atoms with Gasteiger partial charge in [0, 0.05) is 12.8 Å². The molecule has 9 nitrogen and oxygen atoms in total. The van der Waals surface area contributed by atoms with Gasteiger partial charge in [0.05, 0.1) is 33.8 Å². The van der Waals surface area contributed by atoms with E-state index < -0.39 is 26.6 Å². The molecule has 0 aromatic carbocycles. The van der Waals surface area contributed by atoms with Gasteiger partial charge in [0.25, 0.3) is 7.82 Å². The number of phosphoric ester groups is 1. The molecule has 1 amide bonds. The number of amides is 1. The molecule has 0 rings (SSSR count). The monoisotopic (exact) mass is 1150 g/mol. The van der Waals surface area contributed by atoms with E-state index >= 15 is 0 Å². The van der Waals surface area contributed by atoms with Crippen LogP contribution in [0.2, 0.25) is 0 Å². The van der Waals surface area contributed by atoms with Crippen LogP contribution in [0.3, 0.4) is 0 Å². The lowest BCUT2D eigenvalue weighted by Gasteiger charge is -2.30. The molecule has 0 saturated carbocycles. The normalized spacial score (nSPS) is 14.0. The second kappa shape index (κ2) is 60.6. The summed E-state index contributed by atoms with van der Waals surface area (Å²) in [5.41, 5.74) is 0. The molecule has 472 valence electrons. The van der Waals surface area contributed by atoms with E-state index in [4.69, 9.17) is 13.8 Å². The van der Waals surface area contributed by atoms with Crippen molar-refractivity contribution >= 4 is 19.7 Å². The summed E-state index contributed by atoms with van der Waals surface area (Å²) in [6, 6.07) is -0.918. The van der Waals surface area contributed by atoms with Crippen LogP contribution in [0.4, 0.5) is 0 Å². The van der Waals surface area contributed by atoms with Gasteiger partial charge in [0.2, 0.25) is 5.91 Å². The molecule has 0 bridgehead atoms. The summed E-state index contributed by atoms with van der Waals surface area (Å²) in [5, 5.41) is 3.00. The van der Waals surface area contributed by atoms with E-state index in [9.17, 15) is 19.0 Å². The first-order valence-electron chi connectivity index (χ1n) is 34.2. The minimum absolute atomic E-state index is 0.0334. The van der Waals surface area contributed by atoms with Gasteiger partial charge < -0.3 is 28.5 Å². The smallest absolute Gasteiger partial charge is 0.306 e. The Bertz CT molecular complexity index is 1620. The van der Waals surface area contributed by atoms with Gasteiger partial charge in [-0.3, -0.25) is 14.2 Å². The van der Waals surface area contributed by atoms with Gasteiger partial charge in [-0.25, -0.2) is 0 Å². The van der Waals surface area contributed by atoms with Crippen molar-refractivity contribution in [3.63, 3.8) is 0 Å². The fourth-order valence-corrected chi connectivity index (χ4v) is 10.5. The summed E-state index contributed by atoms with van der Waals surface area (Å²) < 4.78 is 30.3. The number of likely N-dealkylation sites (N-methyl/N-ethyl adjacent to an activating group) is 1. The van der Waals surface area contributed by atoms with Crippen LogP contribution in [0.1, 0.15) is 316 Å². The summed E-state index contributed by atoms with van der Waals surface area (Å²) in [7, 11) is 1.15. The fourth-order valence-electron chi connectivity index (χ4n) is 9.81. The zero-order valence-corrected chi connectivity index (χ0v) is 54.9. The molecular formula is C71H131N2O7P. The number of nitrogens with zero attached hydrogens (tertiary/aromatic N) is 1. The predicted octanol–water partition coefficient (Wildman–Crippen LogP) is 20.9. The van der Waals surface area contributed by atoms with Crippen LogP contribution >= 0.6 is 7.82 Å². The maximum Gasteiger partial charge on any atom is 0.306 e. The first-order chi connectivity index (χ1) is 39.4. The molecule has 0 aromatic heterocycles. The molecule has 0 radical (unpaired) electrons. The Morgan fingerprint density at radius 2 is 0.765 bits per heavy atom. The Balaban J connectivity index is 5.05. The SMILES string of the molecule is CCCCC/C=C\C/C=C\C/C=C\C/C=C\CCCC(=O)NC(COP(=O)([O-])OCC[N+](C)(C)C)C(/C=C\CCCCCCCCCCC)OC(=O)CCCCCCCCCCCCCCCCCCC/C=C/CCCCCCCC. The van der Waals surface area contributed by atoms with Crippen molar-refractivity contribution in [1.82, 2.24) is 5.32 Å². The van der Waals surface area contributed by atoms with E-state index in [1.54, 1.807) is 0 Å². The molecule has 81 heavy (non-hydrogen) atoms. The summed E-state index contributed by atoms with van der Waals surface area (Å²) in [6.07, 6.45) is 79.0. The van der Waals surface area contributed by atoms with Crippen molar-refractivity contribution in [2.75, 3.05) is 40.9 Å². The third-order valence-electron chi connectivity index (χ3n) is 15.1. The second-order valence-electron chi connectivity index (χ2n) is 24.3. The van der Waals surface area contributed by atoms with Crippen LogP contribution in [0.15, 0.2) is 72.9 Å². The first kappa shape index (κ1) is 78.5. The summed E-state index contributed by atoms with van der Waals surface area (Å²) in [5.74, 6) is -0.599. The van der Waals surface area contributed by atoms with Crippen molar-refractivity contribution < 1.29 is 37.3 Å². The number of hydrogen-bond acceptors (Lipinski definition) is 7. The number of carbonyl (C=O) groups is 2. The van der Waals surface area contributed by atoms with Gasteiger partial charge in [0.1, 0.15) is 19.3 Å². The maximum absolute atomic E-state index is 13.5. The average Bonchev–Trinajstić information content (AvgIpc) is 3.44. The molecule has 3 unspecified atom stereocenters. The van der Waals surface area contributed by atoms with Crippen molar-refractivity contribution in [3.8, 4) is 0 Å². The van der Waals surface area contributed by atoms with Crippen molar-refractivity contribution in [2.24, 2.45) is 0 Å². The Morgan fingerprint density at radius 1 is 0.432 bits per heavy atom. The average molecular weight is 1160 g/mol. The van der Waals surface area contributed by atoms with Crippen LogP contribution in [0.25, 0.3) is 0 Å². The number of phosphoric acid groups is 1. The Kier molecular flexibility index (Phi) is 58.7. The molecule has 0 aliphatic heterocycles. The molecule has 0 aliphatic carbocycles. The predicted molar refractivity (Wildman–Crippen MR) is 348 cm³/mol. The lowest BCUT2D eigenvalue weighted by atomic mass is 10.0. The molecule has 0 saturated heterocycles. The number of allylic oxidation sites excluding steroid dienone is 11. The van der Waals surface area contributed by atoms with Gasteiger partial charge in [-0.05, 0) is 96.0 Å². The van der Waals surface area contributed by atoms with E-state index in [-0.39, 0.29) is 31.3 Å². The Morgan fingerprint density at radius 3 is 1.19 bits per heavy atom. The molecule has 1 N–H and O–H groups in total. The third kappa shape index (κ3) is 61.8. The second-order valence-corrected chi connectivity index (χ2v) is 25.7. The Hall–Kier alpha value is -2.55. The van der Waals surface area contributed by atoms with E-state index in [0.717, 1.165) is 64.2 Å². The van der Waals surface area contributed by atoms with E-state index in [1.165, 1.54) is 212 Å². The zero-order chi connectivity index (χ0) is 59.3. The highest BCUT2D eigenvalue weighted by Gasteiger charge is 2.27. The number of unbranched alkanes of at least 4 members (excludes halogenated alkanes) is 36. The van der Waals surface area contributed by atoms with Crippen LogP contribution in [-0.2, 0) is 27.9 Å². The number of carbonyl (C=O) groups excluding carboxylic acids is 2. The van der Waals surface area contributed by atoms with Crippen LogP contribution in [0, 0.1) is 0 Å². The number of nitrogens with one attached hydrogen (secondary N) is 1. The van der Waals surface area contributed by atoms with E-state index in [0.29, 0.717) is 17.4 Å².